The number of ether oxygens (including phenoxy) is 2. The lowest BCUT2D eigenvalue weighted by Gasteiger charge is -2.15. The molecule has 0 N–H and O–H groups in total. The zero-order chi connectivity index (χ0) is 15.6. The summed E-state index contributed by atoms with van der Waals surface area (Å²) in [7, 11) is 3.27. The molecule has 4 nitrogen and oxygen atoms in total. The van der Waals surface area contributed by atoms with Gasteiger partial charge < -0.3 is 14.0 Å². The van der Waals surface area contributed by atoms with Crippen LogP contribution in [0, 0.1) is 5.92 Å². The molecule has 0 bridgehead atoms. The third-order valence-corrected chi connectivity index (χ3v) is 4.03. The number of methoxy groups -OCH3 is 2. The van der Waals surface area contributed by atoms with E-state index < -0.39 is 0 Å². The summed E-state index contributed by atoms with van der Waals surface area (Å²) in [6.45, 7) is 7.27. The van der Waals surface area contributed by atoms with Crippen LogP contribution in [0.25, 0.3) is 11.0 Å². The first-order chi connectivity index (χ1) is 10.0. The van der Waals surface area contributed by atoms with Crippen LogP contribution in [0.1, 0.15) is 38.4 Å². The Morgan fingerprint density at radius 3 is 2.33 bits per heavy atom. The zero-order valence-electron chi connectivity index (χ0n) is 13.3. The lowest BCUT2D eigenvalue weighted by molar-refractivity contribution is 0.355. The monoisotopic (exact) mass is 310 g/mol. The molecule has 2 rings (SSSR count). The van der Waals surface area contributed by atoms with Gasteiger partial charge in [-0.2, -0.15) is 0 Å². The van der Waals surface area contributed by atoms with Crippen LogP contribution >= 0.6 is 11.6 Å². The molecule has 0 saturated carbocycles. The van der Waals surface area contributed by atoms with Crippen molar-refractivity contribution < 1.29 is 9.47 Å². The number of alkyl halides is 1. The van der Waals surface area contributed by atoms with Crippen LogP contribution in [-0.2, 0) is 6.54 Å². The molecule has 0 amide bonds. The third kappa shape index (κ3) is 3.10. The van der Waals surface area contributed by atoms with E-state index in [-0.39, 0.29) is 5.38 Å². The van der Waals surface area contributed by atoms with Crippen LogP contribution in [0.4, 0.5) is 0 Å². The molecule has 2 atom stereocenters. The smallest absolute Gasteiger partial charge is 0.163 e. The summed E-state index contributed by atoms with van der Waals surface area (Å²) in [5, 5.41) is -0.140. The van der Waals surface area contributed by atoms with Gasteiger partial charge in [0, 0.05) is 18.7 Å². The minimum Gasteiger partial charge on any atom is -0.493 e. The molecule has 1 aromatic carbocycles. The molecule has 5 heteroatoms. The van der Waals surface area contributed by atoms with E-state index in [2.05, 4.69) is 23.4 Å². The van der Waals surface area contributed by atoms with Gasteiger partial charge in [-0.05, 0) is 12.8 Å². The highest BCUT2D eigenvalue weighted by molar-refractivity contribution is 6.20. The maximum Gasteiger partial charge on any atom is 0.163 e. The first kappa shape index (κ1) is 16.0. The van der Waals surface area contributed by atoms with E-state index in [0.717, 1.165) is 29.8 Å². The second-order valence-corrected chi connectivity index (χ2v) is 6.06. The predicted molar refractivity (Wildman–Crippen MR) is 86.6 cm³/mol. The summed E-state index contributed by atoms with van der Waals surface area (Å²) < 4.78 is 12.9. The SMILES string of the molecule is CCC(C)Cn1c(C(C)Cl)nc2cc(OC)c(OC)cc21. The highest BCUT2D eigenvalue weighted by Gasteiger charge is 2.18. The molecule has 0 aliphatic rings. The van der Waals surface area contributed by atoms with Gasteiger partial charge in [-0.15, -0.1) is 11.6 Å². The van der Waals surface area contributed by atoms with Gasteiger partial charge in [0.1, 0.15) is 5.82 Å². The molecule has 0 saturated heterocycles. The van der Waals surface area contributed by atoms with E-state index in [9.17, 15) is 0 Å². The van der Waals surface area contributed by atoms with Crippen molar-refractivity contribution in [1.29, 1.82) is 0 Å². The largest absolute Gasteiger partial charge is 0.493 e. The number of aromatic nitrogens is 2. The van der Waals surface area contributed by atoms with E-state index in [1.165, 1.54) is 0 Å². The Morgan fingerprint density at radius 2 is 1.81 bits per heavy atom. The molecule has 2 aromatic rings. The standard InChI is InChI=1S/C16H23ClN2O2/c1-6-10(2)9-19-13-8-15(21-5)14(20-4)7-12(13)18-16(19)11(3)17/h7-8,10-11H,6,9H2,1-5H3. The van der Waals surface area contributed by atoms with Crippen LogP contribution < -0.4 is 9.47 Å². The van der Waals surface area contributed by atoms with Crippen molar-refractivity contribution in [3.8, 4) is 11.5 Å². The molecule has 116 valence electrons. The van der Waals surface area contributed by atoms with Gasteiger partial charge in [0.2, 0.25) is 0 Å². The Labute approximate surface area is 131 Å². The molecule has 0 spiro atoms. The average molecular weight is 311 g/mol. The Balaban J connectivity index is 2.64. The number of hydrogen-bond donors (Lipinski definition) is 0. The number of rotatable bonds is 6. The predicted octanol–water partition coefficient (Wildman–Crippen LogP) is 4.40. The lowest BCUT2D eigenvalue weighted by atomic mass is 10.1. The van der Waals surface area contributed by atoms with Gasteiger partial charge in [0.25, 0.3) is 0 Å². The number of imidazole rings is 1. The van der Waals surface area contributed by atoms with Crippen LogP contribution in [0.5, 0.6) is 11.5 Å². The molecular formula is C16H23ClN2O2. The Morgan fingerprint density at radius 1 is 1.19 bits per heavy atom. The summed E-state index contributed by atoms with van der Waals surface area (Å²) in [6, 6.07) is 3.89. The summed E-state index contributed by atoms with van der Waals surface area (Å²) in [5.74, 6) is 2.85. The fraction of sp³-hybridized carbons (Fsp3) is 0.562. The summed E-state index contributed by atoms with van der Waals surface area (Å²) >= 11 is 6.31. The van der Waals surface area contributed by atoms with Gasteiger partial charge in [-0.1, -0.05) is 20.3 Å². The van der Waals surface area contributed by atoms with Crippen LogP contribution in [-0.4, -0.2) is 23.8 Å². The number of halogens is 1. The van der Waals surface area contributed by atoms with Crippen molar-refractivity contribution in [1.82, 2.24) is 9.55 Å². The Bertz CT molecular complexity index is 622. The van der Waals surface area contributed by atoms with Crippen molar-refractivity contribution in [2.24, 2.45) is 5.92 Å². The highest BCUT2D eigenvalue weighted by atomic mass is 35.5. The second-order valence-electron chi connectivity index (χ2n) is 5.41. The van der Waals surface area contributed by atoms with E-state index in [1.807, 2.05) is 19.1 Å². The zero-order valence-corrected chi connectivity index (χ0v) is 14.1. The first-order valence-electron chi connectivity index (χ1n) is 7.28. The van der Waals surface area contributed by atoms with Crippen LogP contribution in [0.3, 0.4) is 0 Å². The van der Waals surface area contributed by atoms with E-state index in [0.29, 0.717) is 17.4 Å². The quantitative estimate of drug-likeness (QED) is 0.742. The fourth-order valence-electron chi connectivity index (χ4n) is 2.41. The molecule has 2 unspecified atom stereocenters. The number of hydrogen-bond acceptors (Lipinski definition) is 3. The maximum atomic E-state index is 6.31. The van der Waals surface area contributed by atoms with E-state index in [1.54, 1.807) is 14.2 Å². The van der Waals surface area contributed by atoms with Crippen molar-refractivity contribution in [3.05, 3.63) is 18.0 Å². The van der Waals surface area contributed by atoms with Crippen LogP contribution in [0.15, 0.2) is 12.1 Å². The highest BCUT2D eigenvalue weighted by Crippen LogP contribution is 2.34. The normalized spacial score (nSPS) is 14.2. The number of benzene rings is 1. The van der Waals surface area contributed by atoms with Gasteiger partial charge in [0.15, 0.2) is 11.5 Å². The average Bonchev–Trinajstić information content (AvgIpc) is 2.83. The molecule has 1 aromatic heterocycles. The molecule has 21 heavy (non-hydrogen) atoms. The molecule has 0 aliphatic heterocycles. The maximum absolute atomic E-state index is 6.31. The number of fused-ring (bicyclic) bond motifs is 1. The molecule has 0 fully saturated rings. The molecule has 1 heterocycles. The van der Waals surface area contributed by atoms with Crippen LogP contribution in [0.2, 0.25) is 0 Å². The Hall–Kier alpha value is -1.42. The van der Waals surface area contributed by atoms with Crippen molar-refractivity contribution in [2.75, 3.05) is 14.2 Å². The number of nitrogens with zero attached hydrogens (tertiary/aromatic N) is 2. The third-order valence-electron chi connectivity index (χ3n) is 3.83. The fourth-order valence-corrected chi connectivity index (χ4v) is 2.57. The molecule has 0 radical (unpaired) electrons. The Kier molecular flexibility index (Phi) is 4.99. The van der Waals surface area contributed by atoms with Gasteiger partial charge in [-0.25, -0.2) is 4.98 Å². The summed E-state index contributed by atoms with van der Waals surface area (Å²) in [4.78, 5) is 4.68. The van der Waals surface area contributed by atoms with Crippen molar-refractivity contribution in [3.63, 3.8) is 0 Å². The van der Waals surface area contributed by atoms with Gasteiger partial charge >= 0.3 is 0 Å². The molecular weight excluding hydrogens is 288 g/mol. The first-order valence-corrected chi connectivity index (χ1v) is 7.71. The van der Waals surface area contributed by atoms with Gasteiger partial charge in [-0.3, -0.25) is 0 Å². The summed E-state index contributed by atoms with van der Waals surface area (Å²) in [5.41, 5.74) is 1.92. The van der Waals surface area contributed by atoms with Gasteiger partial charge in [0.05, 0.1) is 30.6 Å². The minimum absolute atomic E-state index is 0.140. The topological polar surface area (TPSA) is 36.3 Å². The van der Waals surface area contributed by atoms with E-state index >= 15 is 0 Å². The van der Waals surface area contributed by atoms with Crippen molar-refractivity contribution >= 4 is 22.6 Å². The lowest BCUT2D eigenvalue weighted by Crippen LogP contribution is -2.10. The van der Waals surface area contributed by atoms with E-state index in [4.69, 9.17) is 21.1 Å². The summed E-state index contributed by atoms with van der Waals surface area (Å²) in [6.07, 6.45) is 1.11. The second kappa shape index (κ2) is 6.56. The minimum atomic E-state index is -0.140. The molecule has 0 aliphatic carbocycles. The van der Waals surface area contributed by atoms with Crippen molar-refractivity contribution in [2.45, 2.75) is 39.1 Å².